The van der Waals surface area contributed by atoms with Gasteiger partial charge in [-0.2, -0.15) is 4.99 Å². The Morgan fingerprint density at radius 3 is 2.44 bits per heavy atom. The molecule has 0 saturated carbocycles. The molecule has 0 spiro atoms. The summed E-state index contributed by atoms with van der Waals surface area (Å²) in [6.07, 6.45) is -3.31. The quantitative estimate of drug-likeness (QED) is 0.207. The molecule has 1 atom stereocenters. The third-order valence-corrected chi connectivity index (χ3v) is 7.87. The summed E-state index contributed by atoms with van der Waals surface area (Å²) >= 11 is 1.12. The van der Waals surface area contributed by atoms with Crippen molar-refractivity contribution in [3.05, 3.63) is 90.0 Å². The van der Waals surface area contributed by atoms with Gasteiger partial charge in [0.1, 0.15) is 17.9 Å². The molecule has 1 aliphatic rings. The van der Waals surface area contributed by atoms with Gasteiger partial charge >= 0.3 is 12.4 Å². The highest BCUT2D eigenvalue weighted by Crippen LogP contribution is 2.34. The van der Waals surface area contributed by atoms with Gasteiger partial charge in [0, 0.05) is 12.1 Å². The van der Waals surface area contributed by atoms with Gasteiger partial charge in [0.25, 0.3) is 0 Å². The molecule has 1 aromatic heterocycles. The molecule has 1 fully saturated rings. The highest BCUT2D eigenvalue weighted by atomic mass is 32.2. The van der Waals surface area contributed by atoms with Crippen LogP contribution in [-0.4, -0.2) is 50.5 Å². The smallest absolute Gasteiger partial charge is 0.406 e. The van der Waals surface area contributed by atoms with E-state index in [2.05, 4.69) is 25.1 Å². The number of halogens is 4. The first-order chi connectivity index (χ1) is 21.4. The number of aromatic nitrogens is 3. The van der Waals surface area contributed by atoms with Crippen molar-refractivity contribution in [2.45, 2.75) is 39.0 Å². The average molecular weight is 641 g/mol. The summed E-state index contributed by atoms with van der Waals surface area (Å²) in [6, 6.07) is 16.3. The highest BCUT2D eigenvalue weighted by Gasteiger charge is 2.33. The van der Waals surface area contributed by atoms with Gasteiger partial charge in [0.2, 0.25) is 5.91 Å². The summed E-state index contributed by atoms with van der Waals surface area (Å²) in [5.74, 6) is -0.648. The Morgan fingerprint density at radius 2 is 1.78 bits per heavy atom. The molecule has 0 bridgehead atoms. The zero-order chi connectivity index (χ0) is 32.3. The maximum absolute atomic E-state index is 14.1. The van der Waals surface area contributed by atoms with Crippen molar-refractivity contribution in [2.24, 2.45) is 4.99 Å². The lowest BCUT2D eigenvalue weighted by Gasteiger charge is -2.21. The van der Waals surface area contributed by atoms with Crippen LogP contribution in [0.3, 0.4) is 0 Å². The number of anilines is 1. The minimum absolute atomic E-state index is 0.0234. The zero-order valence-corrected chi connectivity index (χ0v) is 25.2. The molecular formula is C31H28F4N6O3S. The van der Waals surface area contributed by atoms with E-state index in [9.17, 15) is 27.2 Å². The number of hydrogen-bond acceptors (Lipinski definition) is 6. The van der Waals surface area contributed by atoms with Crippen LogP contribution in [0.4, 0.5) is 28.0 Å². The number of carbonyl (C=O) groups is 2. The number of nitrogens with zero attached hydrogens (tertiary/aromatic N) is 5. The number of aliphatic imine (C=N–C) groups is 1. The number of alkyl halides is 3. The Hall–Kier alpha value is -4.72. The summed E-state index contributed by atoms with van der Waals surface area (Å²) in [4.78, 5) is 35.1. The van der Waals surface area contributed by atoms with Gasteiger partial charge in [-0.3, -0.25) is 9.69 Å². The fourth-order valence-electron chi connectivity index (χ4n) is 4.65. The van der Waals surface area contributed by atoms with Crippen LogP contribution in [0.5, 0.6) is 5.75 Å². The molecule has 2 heterocycles. The van der Waals surface area contributed by atoms with Crippen molar-refractivity contribution in [1.29, 1.82) is 0 Å². The molecule has 1 aliphatic heterocycles. The lowest BCUT2D eigenvalue weighted by molar-refractivity contribution is -0.274. The van der Waals surface area contributed by atoms with E-state index in [1.54, 1.807) is 6.07 Å². The summed E-state index contributed by atoms with van der Waals surface area (Å²) in [5.41, 5.74) is 3.31. The third kappa shape index (κ3) is 7.69. The SMILES string of the molecule is CC(C)c1ccc(F)cc1N1C(=O)CSC1=NC(=O)NCC(C)c1ccc(-c2ncn(-c3ccc(OC(F)(F)F)cc3)n2)cc1. The summed E-state index contributed by atoms with van der Waals surface area (Å²) in [7, 11) is 0. The average Bonchev–Trinajstić information content (AvgIpc) is 3.62. The maximum Gasteiger partial charge on any atom is 0.573 e. The Morgan fingerprint density at radius 1 is 1.07 bits per heavy atom. The van der Waals surface area contributed by atoms with Gasteiger partial charge < -0.3 is 10.1 Å². The largest absolute Gasteiger partial charge is 0.573 e. The van der Waals surface area contributed by atoms with Gasteiger partial charge in [0.15, 0.2) is 11.0 Å². The number of amides is 3. The zero-order valence-electron chi connectivity index (χ0n) is 24.4. The Bertz CT molecular complexity index is 1720. The Kier molecular flexibility index (Phi) is 9.23. The summed E-state index contributed by atoms with van der Waals surface area (Å²) in [5, 5.41) is 7.38. The van der Waals surface area contributed by atoms with E-state index in [1.807, 2.05) is 45.0 Å². The van der Waals surface area contributed by atoms with Gasteiger partial charge in [-0.15, -0.1) is 18.3 Å². The van der Waals surface area contributed by atoms with Gasteiger partial charge in [-0.1, -0.05) is 62.9 Å². The maximum atomic E-state index is 14.1. The molecule has 1 saturated heterocycles. The van der Waals surface area contributed by atoms with Crippen LogP contribution in [0, 0.1) is 5.82 Å². The van der Waals surface area contributed by atoms with Gasteiger partial charge in [-0.25, -0.2) is 18.9 Å². The van der Waals surface area contributed by atoms with E-state index in [0.717, 1.165) is 28.5 Å². The van der Waals surface area contributed by atoms with Crippen molar-refractivity contribution in [2.75, 3.05) is 17.2 Å². The number of thioether (sulfide) groups is 1. The minimum atomic E-state index is -4.77. The molecule has 3 aromatic carbocycles. The number of nitrogens with one attached hydrogen (secondary N) is 1. The fourth-order valence-corrected chi connectivity index (χ4v) is 5.50. The first kappa shape index (κ1) is 31.7. The van der Waals surface area contributed by atoms with Crippen LogP contribution in [0.15, 0.2) is 78.0 Å². The van der Waals surface area contributed by atoms with Crippen LogP contribution >= 0.6 is 11.8 Å². The van der Waals surface area contributed by atoms with Crippen LogP contribution < -0.4 is 15.0 Å². The summed E-state index contributed by atoms with van der Waals surface area (Å²) in [6.45, 7) is 6.08. The molecule has 3 amide bonds. The molecule has 4 aromatic rings. The second-order valence-corrected chi connectivity index (χ2v) is 11.5. The van der Waals surface area contributed by atoms with Gasteiger partial charge in [-0.05, 0) is 59.4 Å². The molecule has 14 heteroatoms. The normalized spacial score (nSPS) is 15.2. The summed E-state index contributed by atoms with van der Waals surface area (Å²) < 4.78 is 56.7. The van der Waals surface area contributed by atoms with E-state index in [4.69, 9.17) is 0 Å². The van der Waals surface area contributed by atoms with Crippen molar-refractivity contribution in [3.8, 4) is 22.8 Å². The number of carbonyl (C=O) groups excluding carboxylic acids is 2. The number of urea groups is 1. The molecule has 45 heavy (non-hydrogen) atoms. The monoisotopic (exact) mass is 640 g/mol. The van der Waals surface area contributed by atoms with Crippen LogP contribution in [-0.2, 0) is 4.79 Å². The molecular weight excluding hydrogens is 612 g/mol. The van der Waals surface area contributed by atoms with E-state index in [-0.39, 0.29) is 41.0 Å². The fraction of sp³-hybridized carbons (Fsp3) is 0.258. The molecule has 9 nitrogen and oxygen atoms in total. The predicted octanol–water partition coefficient (Wildman–Crippen LogP) is 7.04. The number of hydrogen-bond donors (Lipinski definition) is 1. The molecule has 1 N–H and O–H groups in total. The third-order valence-electron chi connectivity index (χ3n) is 6.94. The molecule has 1 unspecified atom stereocenters. The van der Waals surface area contributed by atoms with Crippen molar-refractivity contribution < 1.29 is 31.9 Å². The standard InChI is InChI=1S/C31H28F4N6O3S/c1-18(2)25-13-8-22(32)14-26(25)41-27(42)16-45-30(41)38-29(43)36-15-19(3)20-4-6-21(7-5-20)28-37-17-40(39-28)23-9-11-24(12-10-23)44-31(33,34)35/h4-14,17-19H,15-16H2,1-3H3,(H,36,43). The predicted molar refractivity (Wildman–Crippen MR) is 163 cm³/mol. The van der Waals surface area contributed by atoms with Crippen LogP contribution in [0.1, 0.15) is 43.7 Å². The van der Waals surface area contributed by atoms with Crippen molar-refractivity contribution in [1.82, 2.24) is 20.1 Å². The second-order valence-electron chi connectivity index (χ2n) is 10.5. The van der Waals surface area contributed by atoms with Crippen molar-refractivity contribution >= 4 is 34.6 Å². The lowest BCUT2D eigenvalue weighted by atomic mass is 10.00. The Balaban J connectivity index is 1.20. The van der Waals surface area contributed by atoms with Crippen molar-refractivity contribution in [3.63, 3.8) is 0 Å². The van der Waals surface area contributed by atoms with Gasteiger partial charge in [0.05, 0.1) is 17.1 Å². The van der Waals surface area contributed by atoms with E-state index >= 15 is 0 Å². The molecule has 0 aliphatic carbocycles. The van der Waals surface area contributed by atoms with Crippen LogP contribution in [0.25, 0.3) is 17.1 Å². The molecule has 234 valence electrons. The highest BCUT2D eigenvalue weighted by molar-refractivity contribution is 8.15. The number of benzene rings is 3. The first-order valence-electron chi connectivity index (χ1n) is 13.9. The minimum Gasteiger partial charge on any atom is -0.406 e. The topological polar surface area (TPSA) is 102 Å². The molecule has 0 radical (unpaired) electrons. The van der Waals surface area contributed by atoms with E-state index in [0.29, 0.717) is 17.2 Å². The van der Waals surface area contributed by atoms with E-state index in [1.165, 1.54) is 52.3 Å². The second kappa shape index (κ2) is 13.1. The Labute approximate surface area is 260 Å². The van der Waals surface area contributed by atoms with E-state index < -0.39 is 18.2 Å². The first-order valence-corrected chi connectivity index (χ1v) is 14.9. The number of amidine groups is 1. The molecule has 5 rings (SSSR count). The van der Waals surface area contributed by atoms with Crippen LogP contribution in [0.2, 0.25) is 0 Å². The number of ether oxygens (including phenoxy) is 1. The lowest BCUT2D eigenvalue weighted by Crippen LogP contribution is -2.33. The number of rotatable bonds is 8.